The van der Waals surface area contributed by atoms with Crippen LogP contribution in [0.15, 0.2) is 6.07 Å². The number of ether oxygens (including phenoxy) is 3. The molecule has 0 aromatic heterocycles. The quantitative estimate of drug-likeness (QED) is 0.821. The van der Waals surface area contributed by atoms with Crippen LogP contribution in [-0.2, 0) is 9.47 Å². The molecule has 2 rings (SSSR count). The van der Waals surface area contributed by atoms with Crippen LogP contribution in [0.1, 0.15) is 38.1 Å². The van der Waals surface area contributed by atoms with Gasteiger partial charge in [-0.15, -0.1) is 0 Å². The van der Waals surface area contributed by atoms with Gasteiger partial charge in [0.1, 0.15) is 11.3 Å². The zero-order valence-electron chi connectivity index (χ0n) is 10.1. The molecule has 1 aromatic rings. The van der Waals surface area contributed by atoms with Crippen LogP contribution in [0.5, 0.6) is 5.75 Å². The van der Waals surface area contributed by atoms with Gasteiger partial charge >= 0.3 is 11.9 Å². The summed E-state index contributed by atoms with van der Waals surface area (Å²) in [7, 11) is 2.75. The Kier molecular flexibility index (Phi) is 2.96. The molecule has 1 atom stereocenters. The lowest BCUT2D eigenvalue weighted by Crippen LogP contribution is -2.09. The number of aryl methyl sites for hydroxylation is 1. The summed E-state index contributed by atoms with van der Waals surface area (Å²) in [6.45, 7) is 1.67. The van der Waals surface area contributed by atoms with Crippen LogP contribution in [-0.4, -0.2) is 31.3 Å². The second-order valence-corrected chi connectivity index (χ2v) is 3.84. The first kappa shape index (κ1) is 12.4. The minimum atomic E-state index is -1.14. The van der Waals surface area contributed by atoms with Crippen molar-refractivity contribution in [3.8, 4) is 5.75 Å². The van der Waals surface area contributed by atoms with Gasteiger partial charge in [0.15, 0.2) is 0 Å². The smallest absolute Gasteiger partial charge is 0.345 e. The number of cyclic esters (lactones) is 1. The van der Waals surface area contributed by atoms with Crippen molar-refractivity contribution in [2.75, 3.05) is 14.2 Å². The van der Waals surface area contributed by atoms with Crippen molar-refractivity contribution in [3.05, 3.63) is 28.3 Å². The van der Waals surface area contributed by atoms with E-state index in [4.69, 9.17) is 14.2 Å². The molecule has 1 aliphatic heterocycles. The Labute approximate surface area is 103 Å². The molecule has 0 saturated heterocycles. The molecule has 96 valence electrons. The number of rotatable bonds is 3. The molecule has 1 aliphatic rings. The van der Waals surface area contributed by atoms with E-state index in [1.54, 1.807) is 6.92 Å². The Morgan fingerprint density at radius 3 is 2.61 bits per heavy atom. The average molecular weight is 252 g/mol. The van der Waals surface area contributed by atoms with Gasteiger partial charge in [-0.05, 0) is 18.6 Å². The van der Waals surface area contributed by atoms with Gasteiger partial charge in [-0.1, -0.05) is 0 Å². The summed E-state index contributed by atoms with van der Waals surface area (Å²) < 4.78 is 15.1. The minimum Gasteiger partial charge on any atom is -0.496 e. The molecule has 6 nitrogen and oxygen atoms in total. The molecule has 0 fully saturated rings. The predicted octanol–water partition coefficient (Wildman–Crippen LogP) is 1.52. The van der Waals surface area contributed by atoms with Crippen molar-refractivity contribution in [2.45, 2.75) is 13.2 Å². The van der Waals surface area contributed by atoms with E-state index in [2.05, 4.69) is 0 Å². The number of carbonyl (C=O) groups is 2. The summed E-state index contributed by atoms with van der Waals surface area (Å²) in [5.74, 6) is -1.46. The van der Waals surface area contributed by atoms with Gasteiger partial charge in [0, 0.05) is 7.11 Å². The highest BCUT2D eigenvalue weighted by Gasteiger charge is 2.39. The van der Waals surface area contributed by atoms with Gasteiger partial charge < -0.3 is 19.3 Å². The van der Waals surface area contributed by atoms with E-state index in [-0.39, 0.29) is 16.7 Å². The second kappa shape index (κ2) is 4.30. The lowest BCUT2D eigenvalue weighted by atomic mass is 9.97. The van der Waals surface area contributed by atoms with Crippen molar-refractivity contribution in [2.24, 2.45) is 0 Å². The Bertz CT molecular complexity index is 534. The van der Waals surface area contributed by atoms with Crippen LogP contribution in [0.3, 0.4) is 0 Å². The molecule has 0 bridgehead atoms. The molecule has 0 amide bonds. The van der Waals surface area contributed by atoms with E-state index in [0.717, 1.165) is 0 Å². The minimum absolute atomic E-state index is 0.0130. The van der Waals surface area contributed by atoms with Crippen molar-refractivity contribution in [1.82, 2.24) is 0 Å². The molecule has 18 heavy (non-hydrogen) atoms. The molecular weight excluding hydrogens is 240 g/mol. The van der Waals surface area contributed by atoms with Crippen molar-refractivity contribution in [3.63, 3.8) is 0 Å². The maximum Gasteiger partial charge on any atom is 0.345 e. The number of carboxylic acid groups (broad SMARTS) is 1. The zero-order chi connectivity index (χ0) is 13.4. The first-order valence-corrected chi connectivity index (χ1v) is 5.19. The van der Waals surface area contributed by atoms with Gasteiger partial charge in [0.05, 0.1) is 18.2 Å². The Hall–Kier alpha value is -2.08. The fourth-order valence-corrected chi connectivity index (χ4v) is 2.08. The number of hydrogen-bond donors (Lipinski definition) is 1. The normalized spacial score (nSPS) is 17.3. The van der Waals surface area contributed by atoms with Gasteiger partial charge in [0.2, 0.25) is 6.29 Å². The monoisotopic (exact) mass is 252 g/mol. The molecule has 1 heterocycles. The lowest BCUT2D eigenvalue weighted by molar-refractivity contribution is -0.0819. The Morgan fingerprint density at radius 2 is 2.11 bits per heavy atom. The highest BCUT2D eigenvalue weighted by molar-refractivity contribution is 6.02. The number of benzene rings is 1. The molecule has 0 unspecified atom stereocenters. The number of hydrogen-bond acceptors (Lipinski definition) is 5. The third-order valence-electron chi connectivity index (χ3n) is 2.81. The van der Waals surface area contributed by atoms with E-state index in [9.17, 15) is 14.7 Å². The molecule has 0 radical (unpaired) electrons. The van der Waals surface area contributed by atoms with Crippen LogP contribution in [0, 0.1) is 6.92 Å². The number of carboxylic acids is 1. The molecular formula is C12H12O6. The maximum absolute atomic E-state index is 11.8. The van der Waals surface area contributed by atoms with Crippen LogP contribution in [0.2, 0.25) is 0 Å². The third-order valence-corrected chi connectivity index (χ3v) is 2.81. The summed E-state index contributed by atoms with van der Waals surface area (Å²) in [5.41, 5.74) is 0.877. The number of esters is 1. The van der Waals surface area contributed by atoms with E-state index in [1.807, 2.05) is 0 Å². The van der Waals surface area contributed by atoms with E-state index in [0.29, 0.717) is 11.3 Å². The van der Waals surface area contributed by atoms with Gasteiger partial charge in [0.25, 0.3) is 0 Å². The van der Waals surface area contributed by atoms with Gasteiger partial charge in [-0.25, -0.2) is 9.59 Å². The number of fused-ring (bicyclic) bond motifs is 1. The number of methoxy groups -OCH3 is 2. The van der Waals surface area contributed by atoms with Crippen LogP contribution in [0.25, 0.3) is 0 Å². The summed E-state index contributed by atoms with van der Waals surface area (Å²) in [6.07, 6.45) is -1.01. The second-order valence-electron chi connectivity index (χ2n) is 3.84. The topological polar surface area (TPSA) is 82.1 Å². The van der Waals surface area contributed by atoms with Crippen LogP contribution < -0.4 is 4.74 Å². The maximum atomic E-state index is 11.8. The average Bonchev–Trinajstić information content (AvgIpc) is 2.66. The standard InChI is InChI=1S/C12H12O6/c1-5-4-6(10(13)14)7-8(9(5)16-2)11(15)18-12(7)17-3/h4,12H,1-3H3,(H,13,14)/t12-/m0/s1. The summed E-state index contributed by atoms with van der Waals surface area (Å²) >= 11 is 0. The van der Waals surface area contributed by atoms with Gasteiger partial charge in [-0.2, -0.15) is 0 Å². The van der Waals surface area contributed by atoms with E-state index < -0.39 is 18.2 Å². The van der Waals surface area contributed by atoms with E-state index >= 15 is 0 Å². The first-order valence-electron chi connectivity index (χ1n) is 5.19. The number of aromatic carboxylic acids is 1. The third kappa shape index (κ3) is 1.62. The van der Waals surface area contributed by atoms with Crippen molar-refractivity contribution >= 4 is 11.9 Å². The fraction of sp³-hybridized carbons (Fsp3) is 0.333. The van der Waals surface area contributed by atoms with Crippen molar-refractivity contribution < 1.29 is 28.9 Å². The molecule has 1 N–H and O–H groups in total. The molecule has 1 aromatic carbocycles. The molecule has 0 spiro atoms. The highest BCUT2D eigenvalue weighted by Crippen LogP contribution is 2.41. The molecule has 6 heteroatoms. The summed E-state index contributed by atoms with van der Waals surface area (Å²) in [5, 5.41) is 9.17. The summed E-state index contributed by atoms with van der Waals surface area (Å²) in [4.78, 5) is 23.0. The Balaban J connectivity index is 2.79. The zero-order valence-corrected chi connectivity index (χ0v) is 10.1. The molecule has 0 saturated carbocycles. The SMILES string of the molecule is COc1c(C)cc(C(=O)O)c2c1C(=O)O[C@@H]2OC. The first-order chi connectivity index (χ1) is 8.51. The molecule has 0 aliphatic carbocycles. The highest BCUT2D eigenvalue weighted by atomic mass is 16.7. The fourth-order valence-electron chi connectivity index (χ4n) is 2.08. The van der Waals surface area contributed by atoms with Gasteiger partial charge in [-0.3, -0.25) is 0 Å². The Morgan fingerprint density at radius 1 is 1.44 bits per heavy atom. The van der Waals surface area contributed by atoms with Crippen LogP contribution >= 0.6 is 0 Å². The number of carbonyl (C=O) groups excluding carboxylic acids is 1. The van der Waals surface area contributed by atoms with Crippen molar-refractivity contribution in [1.29, 1.82) is 0 Å². The lowest BCUT2D eigenvalue weighted by Gasteiger charge is -2.13. The predicted molar refractivity (Wildman–Crippen MR) is 59.9 cm³/mol. The van der Waals surface area contributed by atoms with E-state index in [1.165, 1.54) is 20.3 Å². The largest absolute Gasteiger partial charge is 0.496 e. The summed E-state index contributed by atoms with van der Waals surface area (Å²) in [6, 6.07) is 1.44. The van der Waals surface area contributed by atoms with Crippen LogP contribution in [0.4, 0.5) is 0 Å².